The molecule has 31 heavy (non-hydrogen) atoms. The van der Waals surface area contributed by atoms with Gasteiger partial charge in [-0.3, -0.25) is 20.4 Å². The predicted molar refractivity (Wildman–Crippen MR) is 113 cm³/mol. The fraction of sp³-hybridized carbons (Fsp3) is 0.0455. The third-order valence-corrected chi connectivity index (χ3v) is 5.68. The molecular weight excluding hydrogens is 416 g/mol. The second-order valence-electron chi connectivity index (χ2n) is 6.44. The van der Waals surface area contributed by atoms with E-state index in [0.717, 1.165) is 5.56 Å². The summed E-state index contributed by atoms with van der Waals surface area (Å²) in [5.41, 5.74) is 6.00. The molecule has 3 rings (SSSR count). The largest absolute Gasteiger partial charge is 0.269 e. The molecule has 0 radical (unpaired) electrons. The molecular formula is C22H18N4O4S. The van der Waals surface area contributed by atoms with Crippen molar-refractivity contribution in [3.05, 3.63) is 101 Å². The highest BCUT2D eigenvalue weighted by atomic mass is 32.2. The molecule has 0 bridgehead atoms. The molecule has 3 N–H and O–H groups in total. The minimum absolute atomic E-state index is 0.0581. The number of nitrogens with one attached hydrogen (secondary N) is 3. The lowest BCUT2D eigenvalue weighted by Gasteiger charge is -2.10. The molecule has 0 fully saturated rings. The molecule has 0 spiro atoms. The average molecular weight is 434 g/mol. The van der Waals surface area contributed by atoms with Crippen LogP contribution in [0.3, 0.4) is 0 Å². The van der Waals surface area contributed by atoms with Crippen molar-refractivity contribution in [2.24, 2.45) is 0 Å². The molecule has 0 heterocycles. The Morgan fingerprint density at radius 1 is 0.806 bits per heavy atom. The summed E-state index contributed by atoms with van der Waals surface area (Å²) in [6.07, 6.45) is 0. The van der Waals surface area contributed by atoms with Crippen LogP contribution in [0.5, 0.6) is 0 Å². The highest BCUT2D eigenvalue weighted by Crippen LogP contribution is 2.12. The van der Waals surface area contributed by atoms with Crippen molar-refractivity contribution in [1.29, 1.82) is 5.26 Å². The Kier molecular flexibility index (Phi) is 6.77. The van der Waals surface area contributed by atoms with Gasteiger partial charge in [0, 0.05) is 17.7 Å². The van der Waals surface area contributed by atoms with E-state index in [2.05, 4.69) is 15.6 Å². The number of hydrogen-bond acceptors (Lipinski definition) is 5. The lowest BCUT2D eigenvalue weighted by molar-refractivity contribution is 0.0846. The average Bonchev–Trinajstić information content (AvgIpc) is 2.82. The Bertz CT molecular complexity index is 1230. The van der Waals surface area contributed by atoms with Crippen LogP contribution in [0.25, 0.3) is 0 Å². The smallest absolute Gasteiger partial charge is 0.267 e. The minimum Gasteiger partial charge on any atom is -0.267 e. The zero-order valence-electron chi connectivity index (χ0n) is 16.2. The van der Waals surface area contributed by atoms with Gasteiger partial charge in [0.15, 0.2) is 0 Å². The lowest BCUT2D eigenvalue weighted by atomic mass is 10.1. The second kappa shape index (κ2) is 9.67. The third-order valence-electron chi connectivity index (χ3n) is 4.28. The molecule has 0 aliphatic carbocycles. The van der Waals surface area contributed by atoms with Gasteiger partial charge in [-0.25, -0.2) is 13.1 Å². The van der Waals surface area contributed by atoms with Crippen LogP contribution in [-0.4, -0.2) is 20.2 Å². The topological polar surface area (TPSA) is 128 Å². The van der Waals surface area contributed by atoms with E-state index in [-0.39, 0.29) is 22.6 Å². The first-order chi connectivity index (χ1) is 14.9. The van der Waals surface area contributed by atoms with Gasteiger partial charge >= 0.3 is 0 Å². The van der Waals surface area contributed by atoms with E-state index in [0.29, 0.717) is 5.56 Å². The fourth-order valence-corrected chi connectivity index (χ4v) is 3.68. The van der Waals surface area contributed by atoms with Crippen molar-refractivity contribution >= 4 is 21.8 Å². The first-order valence-corrected chi connectivity index (χ1v) is 10.6. The van der Waals surface area contributed by atoms with Gasteiger partial charge in [0.25, 0.3) is 11.8 Å². The zero-order valence-corrected chi connectivity index (χ0v) is 17.0. The Labute approximate surface area is 179 Å². The first-order valence-electron chi connectivity index (χ1n) is 9.13. The van der Waals surface area contributed by atoms with Crippen molar-refractivity contribution in [1.82, 2.24) is 15.6 Å². The third kappa shape index (κ3) is 5.76. The zero-order chi connectivity index (χ0) is 22.3. The summed E-state index contributed by atoms with van der Waals surface area (Å²) in [4.78, 5) is 24.4. The maximum Gasteiger partial charge on any atom is 0.269 e. The van der Waals surface area contributed by atoms with Crippen LogP contribution in [0.1, 0.15) is 31.8 Å². The minimum atomic E-state index is -3.84. The fourth-order valence-electron chi connectivity index (χ4n) is 2.62. The van der Waals surface area contributed by atoms with Crippen molar-refractivity contribution in [2.75, 3.05) is 0 Å². The number of hydrazine groups is 1. The molecule has 0 aromatic heterocycles. The number of carbonyl (C=O) groups excluding carboxylic acids is 2. The lowest BCUT2D eigenvalue weighted by Crippen LogP contribution is -2.41. The van der Waals surface area contributed by atoms with E-state index < -0.39 is 21.8 Å². The Balaban J connectivity index is 1.63. The van der Waals surface area contributed by atoms with Crippen molar-refractivity contribution < 1.29 is 18.0 Å². The number of nitriles is 1. The normalized spacial score (nSPS) is 10.7. The molecule has 8 nitrogen and oxygen atoms in total. The molecule has 0 unspecified atom stereocenters. The number of carbonyl (C=O) groups is 2. The SMILES string of the molecule is N#Cc1ccc(C(=O)NNC(=O)c2cccc(S(=O)(=O)NCc3ccccc3)c2)cc1. The number of rotatable bonds is 6. The first kappa shape index (κ1) is 21.7. The number of nitrogens with zero attached hydrogens (tertiary/aromatic N) is 1. The molecule has 3 aromatic rings. The van der Waals surface area contributed by atoms with Gasteiger partial charge in [0.1, 0.15) is 0 Å². The monoisotopic (exact) mass is 434 g/mol. The summed E-state index contributed by atoms with van der Waals surface area (Å²) >= 11 is 0. The van der Waals surface area contributed by atoms with Gasteiger partial charge in [0.2, 0.25) is 10.0 Å². The van der Waals surface area contributed by atoms with Gasteiger partial charge in [0.05, 0.1) is 16.5 Å². The molecule has 0 saturated heterocycles. The van der Waals surface area contributed by atoms with Crippen molar-refractivity contribution in [3.8, 4) is 6.07 Å². The number of amides is 2. The van der Waals surface area contributed by atoms with Crippen LogP contribution in [0.2, 0.25) is 0 Å². The van der Waals surface area contributed by atoms with E-state index >= 15 is 0 Å². The maximum atomic E-state index is 12.5. The summed E-state index contributed by atoms with van der Waals surface area (Å²) in [5.74, 6) is -1.26. The van der Waals surface area contributed by atoms with Crippen molar-refractivity contribution in [2.45, 2.75) is 11.4 Å². The van der Waals surface area contributed by atoms with Gasteiger partial charge in [-0.2, -0.15) is 5.26 Å². The second-order valence-corrected chi connectivity index (χ2v) is 8.20. The highest BCUT2D eigenvalue weighted by molar-refractivity contribution is 7.89. The maximum absolute atomic E-state index is 12.5. The van der Waals surface area contributed by atoms with Crippen LogP contribution in [-0.2, 0) is 16.6 Å². The van der Waals surface area contributed by atoms with Crippen LogP contribution < -0.4 is 15.6 Å². The summed E-state index contributed by atoms with van der Waals surface area (Å²) in [5, 5.41) is 8.79. The molecule has 156 valence electrons. The van der Waals surface area contributed by atoms with Gasteiger partial charge in [-0.15, -0.1) is 0 Å². The van der Waals surface area contributed by atoms with Crippen molar-refractivity contribution in [3.63, 3.8) is 0 Å². The summed E-state index contributed by atoms with van der Waals surface area (Å²) in [6.45, 7) is 0.111. The van der Waals surface area contributed by atoms with E-state index in [4.69, 9.17) is 5.26 Å². The van der Waals surface area contributed by atoms with Crippen LogP contribution in [0.15, 0.2) is 83.8 Å². The van der Waals surface area contributed by atoms with Gasteiger partial charge < -0.3 is 0 Å². The molecule has 2 amide bonds. The summed E-state index contributed by atoms with van der Waals surface area (Å²) in [6, 6.07) is 22.3. The highest BCUT2D eigenvalue weighted by Gasteiger charge is 2.16. The number of benzene rings is 3. The molecule has 0 atom stereocenters. The Morgan fingerprint density at radius 2 is 1.45 bits per heavy atom. The van der Waals surface area contributed by atoms with Crippen LogP contribution >= 0.6 is 0 Å². The van der Waals surface area contributed by atoms with Crippen LogP contribution in [0.4, 0.5) is 0 Å². The quantitative estimate of drug-likeness (QED) is 0.512. The standard InChI is InChI=1S/C22H18N4O4S/c23-14-16-9-11-18(12-10-16)21(27)25-26-22(28)19-7-4-8-20(13-19)31(29,30)24-15-17-5-2-1-3-6-17/h1-13,24H,15H2,(H,25,27)(H,26,28). The Hall–Kier alpha value is -4.00. The van der Waals surface area contributed by atoms with E-state index in [1.807, 2.05) is 12.1 Å². The van der Waals surface area contributed by atoms with Crippen LogP contribution in [0, 0.1) is 11.3 Å². The van der Waals surface area contributed by atoms with Gasteiger partial charge in [-0.05, 0) is 48.0 Å². The molecule has 0 aliphatic rings. The molecule has 0 aliphatic heterocycles. The van der Waals surface area contributed by atoms with E-state index in [9.17, 15) is 18.0 Å². The van der Waals surface area contributed by atoms with E-state index in [1.54, 1.807) is 24.3 Å². The summed E-state index contributed by atoms with van der Waals surface area (Å²) in [7, 11) is -3.84. The number of hydrogen-bond donors (Lipinski definition) is 3. The Morgan fingerprint density at radius 3 is 2.10 bits per heavy atom. The van der Waals surface area contributed by atoms with Gasteiger partial charge in [-0.1, -0.05) is 36.4 Å². The molecule has 3 aromatic carbocycles. The predicted octanol–water partition coefficient (Wildman–Crippen LogP) is 2.11. The molecule has 0 saturated carbocycles. The van der Waals surface area contributed by atoms with E-state index in [1.165, 1.54) is 48.5 Å². The summed E-state index contributed by atoms with van der Waals surface area (Å²) < 4.78 is 27.6. The number of sulfonamides is 1. The molecule has 9 heteroatoms.